The van der Waals surface area contributed by atoms with E-state index in [2.05, 4.69) is 22.2 Å². The number of carbonyl (C=O) groups excluding carboxylic acids is 1. The average molecular weight is 391 g/mol. The fraction of sp³-hybridized carbons (Fsp3) is 0.304. The monoisotopic (exact) mass is 391 g/mol. The van der Waals surface area contributed by atoms with Gasteiger partial charge in [0.25, 0.3) is 5.91 Å². The van der Waals surface area contributed by atoms with Gasteiger partial charge in [-0.2, -0.15) is 0 Å². The number of amides is 1. The number of nitrogens with zero attached hydrogens (tertiary/aromatic N) is 3. The van der Waals surface area contributed by atoms with Crippen molar-refractivity contribution in [3.63, 3.8) is 0 Å². The number of piperazine rings is 1. The molecule has 1 saturated heterocycles. The van der Waals surface area contributed by atoms with Gasteiger partial charge in [-0.1, -0.05) is 35.5 Å². The second-order valence-electron chi connectivity index (χ2n) is 7.20. The summed E-state index contributed by atoms with van der Waals surface area (Å²) in [5, 5.41) is 3.96. The summed E-state index contributed by atoms with van der Waals surface area (Å²) in [5.41, 5.74) is 3.52. The van der Waals surface area contributed by atoms with Gasteiger partial charge < -0.3 is 19.1 Å². The molecule has 0 bridgehead atoms. The lowest BCUT2D eigenvalue weighted by molar-refractivity contribution is 0.0742. The number of carbonyl (C=O) groups is 1. The van der Waals surface area contributed by atoms with Crippen molar-refractivity contribution in [2.45, 2.75) is 20.5 Å². The van der Waals surface area contributed by atoms with E-state index >= 15 is 0 Å². The van der Waals surface area contributed by atoms with Crippen molar-refractivity contribution in [3.8, 4) is 5.75 Å². The summed E-state index contributed by atoms with van der Waals surface area (Å²) in [7, 11) is 0. The molecule has 0 radical (unpaired) electrons. The quantitative estimate of drug-likeness (QED) is 0.662. The molecule has 0 spiro atoms. The van der Waals surface area contributed by atoms with Gasteiger partial charge >= 0.3 is 0 Å². The number of rotatable bonds is 5. The van der Waals surface area contributed by atoms with Crippen LogP contribution in [0.25, 0.3) is 0 Å². The first-order valence-electron chi connectivity index (χ1n) is 9.86. The number of aromatic nitrogens is 1. The molecule has 0 saturated carbocycles. The summed E-state index contributed by atoms with van der Waals surface area (Å²) in [6, 6.07) is 17.7. The van der Waals surface area contributed by atoms with E-state index in [9.17, 15) is 4.79 Å². The number of anilines is 1. The van der Waals surface area contributed by atoms with Crippen LogP contribution in [0.15, 0.2) is 59.1 Å². The van der Waals surface area contributed by atoms with Crippen molar-refractivity contribution in [1.29, 1.82) is 0 Å². The number of hydrogen-bond acceptors (Lipinski definition) is 5. The van der Waals surface area contributed by atoms with Gasteiger partial charge in [-0.15, -0.1) is 0 Å². The molecule has 2 aromatic carbocycles. The zero-order valence-corrected chi connectivity index (χ0v) is 16.8. The average Bonchev–Trinajstić information content (AvgIpc) is 3.10. The van der Waals surface area contributed by atoms with Gasteiger partial charge in [0.15, 0.2) is 0 Å². The van der Waals surface area contributed by atoms with Gasteiger partial charge in [0.05, 0.1) is 16.8 Å². The molecule has 1 fully saturated rings. The van der Waals surface area contributed by atoms with E-state index in [1.165, 1.54) is 5.69 Å². The van der Waals surface area contributed by atoms with E-state index in [4.69, 9.17) is 9.26 Å². The standard InChI is InChI=1S/C23H25N3O3/c1-17-21(18(2)29-24-17)16-28-22-11-7-6-10-20(22)23(27)26-14-12-25(13-15-26)19-8-4-3-5-9-19/h3-11H,12-16H2,1-2H3. The maximum Gasteiger partial charge on any atom is 0.257 e. The van der Waals surface area contributed by atoms with E-state index in [0.717, 1.165) is 30.1 Å². The van der Waals surface area contributed by atoms with Crippen molar-refractivity contribution in [2.75, 3.05) is 31.1 Å². The number of hydrogen-bond donors (Lipinski definition) is 0. The van der Waals surface area contributed by atoms with Gasteiger partial charge in [-0.05, 0) is 38.1 Å². The van der Waals surface area contributed by atoms with Gasteiger partial charge in [0.1, 0.15) is 18.1 Å². The summed E-state index contributed by atoms with van der Waals surface area (Å²) < 4.78 is 11.2. The first-order valence-corrected chi connectivity index (χ1v) is 9.86. The third kappa shape index (κ3) is 4.11. The normalized spacial score (nSPS) is 14.1. The van der Waals surface area contributed by atoms with Gasteiger partial charge in [-0.3, -0.25) is 4.79 Å². The third-order valence-electron chi connectivity index (χ3n) is 5.36. The molecule has 3 aromatic rings. The second kappa shape index (κ2) is 8.39. The van der Waals surface area contributed by atoms with E-state index in [0.29, 0.717) is 31.0 Å². The van der Waals surface area contributed by atoms with Crippen LogP contribution < -0.4 is 9.64 Å². The lowest BCUT2D eigenvalue weighted by atomic mass is 10.1. The maximum absolute atomic E-state index is 13.2. The summed E-state index contributed by atoms with van der Waals surface area (Å²) in [4.78, 5) is 17.4. The molecule has 1 aliphatic rings. The Hall–Kier alpha value is -3.28. The highest BCUT2D eigenvalue weighted by atomic mass is 16.5. The number of ether oxygens (including phenoxy) is 1. The Morgan fingerprint density at radius 2 is 1.69 bits per heavy atom. The molecule has 0 aliphatic carbocycles. The first-order chi connectivity index (χ1) is 14.1. The van der Waals surface area contributed by atoms with E-state index < -0.39 is 0 Å². The Kier molecular flexibility index (Phi) is 5.51. The molecule has 150 valence electrons. The second-order valence-corrected chi connectivity index (χ2v) is 7.20. The van der Waals surface area contributed by atoms with Crippen LogP contribution in [-0.2, 0) is 6.61 Å². The Labute approximate surface area is 170 Å². The highest BCUT2D eigenvalue weighted by molar-refractivity contribution is 5.97. The summed E-state index contributed by atoms with van der Waals surface area (Å²) in [6.07, 6.45) is 0. The predicted molar refractivity (Wildman–Crippen MR) is 111 cm³/mol. The van der Waals surface area contributed by atoms with Crippen LogP contribution in [0.5, 0.6) is 5.75 Å². The lowest BCUT2D eigenvalue weighted by Crippen LogP contribution is -2.48. The molecule has 4 rings (SSSR count). The molecule has 6 heteroatoms. The van der Waals surface area contributed by atoms with Crippen LogP contribution in [0.3, 0.4) is 0 Å². The minimum atomic E-state index is 0.00655. The van der Waals surface area contributed by atoms with Gasteiger partial charge in [0.2, 0.25) is 0 Å². The summed E-state index contributed by atoms with van der Waals surface area (Å²) in [5.74, 6) is 1.33. The largest absolute Gasteiger partial charge is 0.488 e. The van der Waals surface area contributed by atoms with Crippen LogP contribution in [0.2, 0.25) is 0 Å². The molecular weight excluding hydrogens is 366 g/mol. The molecule has 6 nitrogen and oxygen atoms in total. The van der Waals surface area contributed by atoms with E-state index in [-0.39, 0.29) is 5.91 Å². The minimum Gasteiger partial charge on any atom is -0.488 e. The van der Waals surface area contributed by atoms with Crippen LogP contribution in [0, 0.1) is 13.8 Å². The Balaban J connectivity index is 1.43. The zero-order chi connectivity index (χ0) is 20.2. The topological polar surface area (TPSA) is 58.8 Å². The Morgan fingerprint density at radius 1 is 1.00 bits per heavy atom. The molecule has 1 aromatic heterocycles. The van der Waals surface area contributed by atoms with Crippen molar-refractivity contribution >= 4 is 11.6 Å². The summed E-state index contributed by atoms with van der Waals surface area (Å²) in [6.45, 7) is 7.08. The highest BCUT2D eigenvalue weighted by Crippen LogP contribution is 2.24. The predicted octanol–water partition coefficient (Wildman–Crippen LogP) is 3.83. The first kappa shape index (κ1) is 19.1. The molecule has 2 heterocycles. The number of aryl methyl sites for hydroxylation is 2. The minimum absolute atomic E-state index is 0.00655. The van der Waals surface area contributed by atoms with Gasteiger partial charge in [-0.25, -0.2) is 0 Å². The lowest BCUT2D eigenvalue weighted by Gasteiger charge is -2.36. The van der Waals surface area contributed by atoms with Gasteiger partial charge in [0, 0.05) is 31.9 Å². The van der Waals surface area contributed by atoms with Crippen LogP contribution in [0.4, 0.5) is 5.69 Å². The number of para-hydroxylation sites is 2. The fourth-order valence-electron chi connectivity index (χ4n) is 3.60. The molecule has 1 amide bonds. The van der Waals surface area contributed by atoms with Crippen molar-refractivity contribution in [1.82, 2.24) is 10.1 Å². The van der Waals surface area contributed by atoms with Crippen LogP contribution in [-0.4, -0.2) is 42.1 Å². The molecule has 0 unspecified atom stereocenters. The molecule has 0 atom stereocenters. The smallest absolute Gasteiger partial charge is 0.257 e. The Bertz CT molecular complexity index is 957. The summed E-state index contributed by atoms with van der Waals surface area (Å²) >= 11 is 0. The van der Waals surface area contributed by atoms with Crippen molar-refractivity contribution < 1.29 is 14.1 Å². The SMILES string of the molecule is Cc1noc(C)c1COc1ccccc1C(=O)N1CCN(c2ccccc2)CC1. The Morgan fingerprint density at radius 3 is 2.38 bits per heavy atom. The third-order valence-corrected chi connectivity index (χ3v) is 5.36. The number of benzene rings is 2. The highest BCUT2D eigenvalue weighted by Gasteiger charge is 2.24. The van der Waals surface area contributed by atoms with E-state index in [1.807, 2.05) is 61.2 Å². The molecule has 1 aliphatic heterocycles. The molecule has 0 N–H and O–H groups in total. The van der Waals surface area contributed by atoms with Crippen LogP contribution >= 0.6 is 0 Å². The van der Waals surface area contributed by atoms with Crippen molar-refractivity contribution in [2.24, 2.45) is 0 Å². The van der Waals surface area contributed by atoms with E-state index in [1.54, 1.807) is 0 Å². The fourth-order valence-corrected chi connectivity index (χ4v) is 3.60. The maximum atomic E-state index is 13.2. The van der Waals surface area contributed by atoms with Crippen LogP contribution in [0.1, 0.15) is 27.4 Å². The zero-order valence-electron chi connectivity index (χ0n) is 16.8. The molecular formula is C23H25N3O3. The van der Waals surface area contributed by atoms with Crippen molar-refractivity contribution in [3.05, 3.63) is 77.2 Å². The molecule has 29 heavy (non-hydrogen) atoms.